The summed E-state index contributed by atoms with van der Waals surface area (Å²) in [6, 6.07) is 0.419. The Balaban J connectivity index is 0.00000196. The summed E-state index contributed by atoms with van der Waals surface area (Å²) in [7, 11) is 1.94. The molecule has 2 unspecified atom stereocenters. The van der Waals surface area contributed by atoms with E-state index in [9.17, 15) is 4.79 Å². The van der Waals surface area contributed by atoms with Crippen LogP contribution in [0.25, 0.3) is 0 Å². The van der Waals surface area contributed by atoms with Gasteiger partial charge in [-0.2, -0.15) is 11.8 Å². The van der Waals surface area contributed by atoms with Crippen molar-refractivity contribution < 1.29 is 4.79 Å². The summed E-state index contributed by atoms with van der Waals surface area (Å²) in [5.41, 5.74) is 0. The molecule has 5 heteroatoms. The van der Waals surface area contributed by atoms with Crippen molar-refractivity contribution in [2.75, 3.05) is 26.4 Å². The zero-order chi connectivity index (χ0) is 10.6. The molecule has 1 N–H and O–H groups in total. The Bertz CT molecular complexity index is 204. The Morgan fingerprint density at radius 1 is 1.67 bits per heavy atom. The first-order valence-electron chi connectivity index (χ1n) is 5.18. The topological polar surface area (TPSA) is 32.3 Å². The minimum Gasteiger partial charge on any atom is -0.337 e. The van der Waals surface area contributed by atoms with Crippen molar-refractivity contribution >= 4 is 30.1 Å². The third kappa shape index (κ3) is 3.85. The summed E-state index contributed by atoms with van der Waals surface area (Å²) in [6.07, 6.45) is 4.29. The lowest BCUT2D eigenvalue weighted by atomic mass is 10.2. The molecular weight excluding hydrogens is 232 g/mol. The smallest absolute Gasteiger partial charge is 0.235 e. The molecule has 1 amide bonds. The van der Waals surface area contributed by atoms with E-state index < -0.39 is 0 Å². The molecule has 0 radical (unpaired) electrons. The first-order valence-corrected chi connectivity index (χ1v) is 6.47. The fourth-order valence-electron chi connectivity index (χ4n) is 1.91. The highest BCUT2D eigenvalue weighted by Gasteiger charge is 2.30. The summed E-state index contributed by atoms with van der Waals surface area (Å²) >= 11 is 1.63. The summed E-state index contributed by atoms with van der Waals surface area (Å²) in [5, 5.41) is 3.25. The van der Waals surface area contributed by atoms with Gasteiger partial charge >= 0.3 is 0 Å². The van der Waals surface area contributed by atoms with Crippen molar-refractivity contribution in [1.29, 1.82) is 0 Å². The van der Waals surface area contributed by atoms with E-state index in [1.54, 1.807) is 11.8 Å². The number of amides is 1. The number of rotatable bonds is 4. The number of nitrogens with one attached hydrogen (secondary N) is 1. The first kappa shape index (κ1) is 15.1. The maximum Gasteiger partial charge on any atom is 0.235 e. The van der Waals surface area contributed by atoms with Gasteiger partial charge in [-0.25, -0.2) is 0 Å². The number of likely N-dealkylation sites (N-methyl/N-ethyl adjacent to an activating group) is 1. The van der Waals surface area contributed by atoms with Gasteiger partial charge in [-0.05, 0) is 33.1 Å². The van der Waals surface area contributed by atoms with Gasteiger partial charge in [0.2, 0.25) is 5.91 Å². The van der Waals surface area contributed by atoms with Crippen LogP contribution in [0.15, 0.2) is 0 Å². The van der Waals surface area contributed by atoms with Gasteiger partial charge in [-0.15, -0.1) is 12.4 Å². The molecule has 90 valence electrons. The molecule has 0 saturated carbocycles. The average Bonchev–Trinajstić information content (AvgIpc) is 2.64. The maximum atomic E-state index is 11.9. The van der Waals surface area contributed by atoms with Crippen molar-refractivity contribution in [3.8, 4) is 0 Å². The number of carbonyl (C=O) groups excluding carboxylic acids is 1. The lowest BCUT2D eigenvalue weighted by molar-refractivity contribution is -0.131. The van der Waals surface area contributed by atoms with Gasteiger partial charge in [0.25, 0.3) is 0 Å². The van der Waals surface area contributed by atoms with Crippen LogP contribution < -0.4 is 5.32 Å². The summed E-state index contributed by atoms with van der Waals surface area (Å²) in [5.74, 6) is 0.301. The van der Waals surface area contributed by atoms with E-state index in [1.165, 1.54) is 0 Å². The van der Waals surface area contributed by atoms with Crippen molar-refractivity contribution in [3.63, 3.8) is 0 Å². The average molecular weight is 253 g/mol. The van der Waals surface area contributed by atoms with Gasteiger partial charge in [0.05, 0.1) is 5.25 Å². The van der Waals surface area contributed by atoms with Crippen molar-refractivity contribution in [1.82, 2.24) is 10.2 Å². The zero-order valence-corrected chi connectivity index (χ0v) is 11.3. The SMILES string of the molecule is CNCC1CCCN1C(=O)C(C)SC.Cl. The second-order valence-corrected chi connectivity index (χ2v) is 4.94. The highest BCUT2D eigenvalue weighted by Crippen LogP contribution is 2.20. The Morgan fingerprint density at radius 3 is 2.87 bits per heavy atom. The van der Waals surface area contributed by atoms with E-state index >= 15 is 0 Å². The number of likely N-dealkylation sites (tertiary alicyclic amines) is 1. The molecule has 1 heterocycles. The molecule has 1 aliphatic rings. The lowest BCUT2D eigenvalue weighted by Gasteiger charge is -2.26. The minimum absolute atomic E-state index is 0. The molecule has 2 atom stereocenters. The second kappa shape index (κ2) is 7.36. The molecule has 1 saturated heterocycles. The normalized spacial score (nSPS) is 22.3. The van der Waals surface area contributed by atoms with Gasteiger partial charge in [0.15, 0.2) is 0 Å². The van der Waals surface area contributed by atoms with Crippen LogP contribution in [0.4, 0.5) is 0 Å². The van der Waals surface area contributed by atoms with Crippen LogP contribution in [0.5, 0.6) is 0 Å². The van der Waals surface area contributed by atoms with Crippen LogP contribution >= 0.6 is 24.2 Å². The Morgan fingerprint density at radius 2 is 2.33 bits per heavy atom. The molecule has 0 spiro atoms. The molecule has 0 bridgehead atoms. The number of hydrogen-bond donors (Lipinski definition) is 1. The van der Waals surface area contributed by atoms with Gasteiger partial charge in [-0.3, -0.25) is 4.79 Å². The largest absolute Gasteiger partial charge is 0.337 e. The Kier molecular flexibility index (Phi) is 7.40. The molecule has 1 aliphatic heterocycles. The lowest BCUT2D eigenvalue weighted by Crippen LogP contribution is -2.44. The van der Waals surface area contributed by atoms with Crippen molar-refractivity contribution in [3.05, 3.63) is 0 Å². The Hall–Kier alpha value is 0.0700. The molecular formula is C10H21ClN2OS. The standard InChI is InChI=1S/C10H20N2OS.ClH/c1-8(14-3)10(13)12-6-4-5-9(12)7-11-2;/h8-9,11H,4-7H2,1-3H3;1H. The second-order valence-electron chi connectivity index (χ2n) is 3.76. The monoisotopic (exact) mass is 252 g/mol. The van der Waals surface area contributed by atoms with E-state index in [1.807, 2.05) is 25.1 Å². The number of nitrogens with zero attached hydrogens (tertiary/aromatic N) is 1. The molecule has 15 heavy (non-hydrogen) atoms. The van der Waals surface area contributed by atoms with Crippen LogP contribution in [-0.2, 0) is 4.79 Å². The summed E-state index contributed by atoms with van der Waals surface area (Å²) in [6.45, 7) is 3.85. The van der Waals surface area contributed by atoms with Crippen LogP contribution in [0.2, 0.25) is 0 Å². The van der Waals surface area contributed by atoms with E-state index in [2.05, 4.69) is 5.32 Å². The van der Waals surface area contributed by atoms with E-state index in [0.29, 0.717) is 11.9 Å². The van der Waals surface area contributed by atoms with Crippen LogP contribution in [0.3, 0.4) is 0 Å². The quantitative estimate of drug-likeness (QED) is 0.820. The third-order valence-corrected chi connectivity index (χ3v) is 3.71. The van der Waals surface area contributed by atoms with Gasteiger partial charge < -0.3 is 10.2 Å². The van der Waals surface area contributed by atoms with E-state index in [0.717, 1.165) is 25.9 Å². The highest BCUT2D eigenvalue weighted by atomic mass is 35.5. The van der Waals surface area contributed by atoms with Crippen LogP contribution in [-0.4, -0.2) is 48.5 Å². The molecule has 0 aromatic heterocycles. The zero-order valence-electron chi connectivity index (χ0n) is 9.66. The minimum atomic E-state index is 0. The fraction of sp³-hybridized carbons (Fsp3) is 0.900. The molecule has 3 nitrogen and oxygen atoms in total. The third-order valence-electron chi connectivity index (χ3n) is 2.80. The predicted molar refractivity (Wildman–Crippen MR) is 68.9 cm³/mol. The highest BCUT2D eigenvalue weighted by molar-refractivity contribution is 7.99. The van der Waals surface area contributed by atoms with Gasteiger partial charge in [0, 0.05) is 19.1 Å². The molecule has 0 aromatic carbocycles. The summed E-state index contributed by atoms with van der Waals surface area (Å²) < 4.78 is 0. The van der Waals surface area contributed by atoms with Gasteiger partial charge in [0.1, 0.15) is 0 Å². The molecule has 0 aromatic rings. The number of hydrogen-bond acceptors (Lipinski definition) is 3. The number of thioether (sulfide) groups is 1. The molecule has 1 fully saturated rings. The number of halogens is 1. The fourth-order valence-corrected chi connectivity index (χ4v) is 2.25. The predicted octanol–water partition coefficient (Wildman–Crippen LogP) is 1.37. The van der Waals surface area contributed by atoms with Crippen LogP contribution in [0, 0.1) is 0 Å². The first-order chi connectivity index (χ1) is 6.70. The molecule has 1 rings (SSSR count). The van der Waals surface area contributed by atoms with E-state index in [4.69, 9.17) is 0 Å². The van der Waals surface area contributed by atoms with Crippen molar-refractivity contribution in [2.24, 2.45) is 0 Å². The van der Waals surface area contributed by atoms with E-state index in [-0.39, 0.29) is 17.7 Å². The Labute approximate surface area is 103 Å². The maximum absolute atomic E-state index is 11.9. The number of carbonyl (C=O) groups is 1. The van der Waals surface area contributed by atoms with Crippen LogP contribution in [0.1, 0.15) is 19.8 Å². The van der Waals surface area contributed by atoms with Gasteiger partial charge in [-0.1, -0.05) is 0 Å². The van der Waals surface area contributed by atoms with Crippen molar-refractivity contribution in [2.45, 2.75) is 31.1 Å². The molecule has 0 aliphatic carbocycles. The summed E-state index contributed by atoms with van der Waals surface area (Å²) in [4.78, 5) is 14.0.